The van der Waals surface area contributed by atoms with Gasteiger partial charge >= 0.3 is 5.97 Å². The Hall–Kier alpha value is -3.43. The van der Waals surface area contributed by atoms with Gasteiger partial charge in [-0.3, -0.25) is 9.62 Å². The van der Waals surface area contributed by atoms with E-state index in [9.17, 15) is 22.7 Å². The van der Waals surface area contributed by atoms with Crippen LogP contribution in [0.1, 0.15) is 21.5 Å². The second-order valence-corrected chi connectivity index (χ2v) is 10.00. The van der Waals surface area contributed by atoms with E-state index in [1.165, 1.54) is 18.2 Å². The standard InChI is InChI=1S/C25H26FN3O4S/c1-18-5-4-7-21(15-18)34(32,33)27-20-9-10-24(22(16-20)25(30)31)29-13-11-28(12-14-29)17-19-6-2-3-8-23(19)26/h2-10,15-16,27H,11-14,17H2,1H3,(H,30,31). The molecule has 0 radical (unpaired) electrons. The molecule has 0 unspecified atom stereocenters. The average molecular weight is 484 g/mol. The van der Waals surface area contributed by atoms with E-state index in [0.29, 0.717) is 44.0 Å². The maximum atomic E-state index is 14.0. The number of sulfonamides is 1. The molecule has 1 fully saturated rings. The third-order valence-corrected chi connectivity index (χ3v) is 7.22. The van der Waals surface area contributed by atoms with Crippen LogP contribution in [0.25, 0.3) is 0 Å². The molecule has 2 N–H and O–H groups in total. The second-order valence-electron chi connectivity index (χ2n) is 8.31. The summed E-state index contributed by atoms with van der Waals surface area (Å²) in [6.07, 6.45) is 0. The maximum Gasteiger partial charge on any atom is 0.337 e. The molecule has 0 amide bonds. The molecule has 1 aliphatic rings. The number of aryl methyl sites for hydroxylation is 1. The topological polar surface area (TPSA) is 90.0 Å². The number of rotatable bonds is 7. The minimum absolute atomic E-state index is 0.0204. The van der Waals surface area contributed by atoms with E-state index in [4.69, 9.17) is 0 Å². The van der Waals surface area contributed by atoms with Crippen LogP contribution in [-0.2, 0) is 16.6 Å². The highest BCUT2D eigenvalue weighted by atomic mass is 32.2. The van der Waals surface area contributed by atoms with E-state index in [1.807, 2.05) is 11.0 Å². The van der Waals surface area contributed by atoms with Gasteiger partial charge in [-0.2, -0.15) is 0 Å². The van der Waals surface area contributed by atoms with Crippen LogP contribution in [0, 0.1) is 12.7 Å². The maximum absolute atomic E-state index is 14.0. The molecule has 3 aromatic rings. The Balaban J connectivity index is 1.48. The van der Waals surface area contributed by atoms with Crippen LogP contribution in [0.4, 0.5) is 15.8 Å². The summed E-state index contributed by atoms with van der Waals surface area (Å²) < 4.78 is 41.9. The fraction of sp³-hybridized carbons (Fsp3) is 0.240. The van der Waals surface area contributed by atoms with Gasteiger partial charge in [-0.05, 0) is 48.9 Å². The smallest absolute Gasteiger partial charge is 0.337 e. The Bertz CT molecular complexity index is 1310. The molecule has 0 saturated carbocycles. The summed E-state index contributed by atoms with van der Waals surface area (Å²) in [7, 11) is -3.85. The number of piperazine rings is 1. The van der Waals surface area contributed by atoms with Gasteiger partial charge in [-0.25, -0.2) is 17.6 Å². The van der Waals surface area contributed by atoms with E-state index in [-0.39, 0.29) is 22.0 Å². The molecular formula is C25H26FN3O4S. The third-order valence-electron chi connectivity index (χ3n) is 5.84. The average Bonchev–Trinajstić information content (AvgIpc) is 2.81. The summed E-state index contributed by atoms with van der Waals surface area (Å²) in [4.78, 5) is 16.2. The molecule has 0 bridgehead atoms. The van der Waals surface area contributed by atoms with Crippen molar-refractivity contribution in [3.05, 3.63) is 89.2 Å². The zero-order valence-corrected chi connectivity index (χ0v) is 19.6. The molecule has 1 saturated heterocycles. The highest BCUT2D eigenvalue weighted by Gasteiger charge is 2.23. The van der Waals surface area contributed by atoms with E-state index in [1.54, 1.807) is 49.4 Å². The van der Waals surface area contributed by atoms with Gasteiger partial charge in [0.25, 0.3) is 10.0 Å². The van der Waals surface area contributed by atoms with Crippen LogP contribution < -0.4 is 9.62 Å². The molecule has 1 heterocycles. The lowest BCUT2D eigenvalue weighted by atomic mass is 10.1. The Morgan fingerprint density at radius 2 is 1.74 bits per heavy atom. The number of hydrogen-bond acceptors (Lipinski definition) is 5. The van der Waals surface area contributed by atoms with Crippen molar-refractivity contribution in [2.24, 2.45) is 0 Å². The van der Waals surface area contributed by atoms with Gasteiger partial charge in [0.05, 0.1) is 16.1 Å². The third kappa shape index (κ3) is 5.37. The number of hydrogen-bond donors (Lipinski definition) is 2. The van der Waals surface area contributed by atoms with Crippen molar-refractivity contribution in [1.29, 1.82) is 0 Å². The number of nitrogens with zero attached hydrogens (tertiary/aromatic N) is 2. The van der Waals surface area contributed by atoms with E-state index < -0.39 is 16.0 Å². The Labute approximate surface area is 198 Å². The molecule has 0 aliphatic carbocycles. The summed E-state index contributed by atoms with van der Waals surface area (Å²) in [5, 5.41) is 9.79. The van der Waals surface area contributed by atoms with Crippen molar-refractivity contribution in [2.45, 2.75) is 18.4 Å². The van der Waals surface area contributed by atoms with Crippen molar-refractivity contribution in [2.75, 3.05) is 35.8 Å². The van der Waals surface area contributed by atoms with Gasteiger partial charge in [-0.1, -0.05) is 30.3 Å². The SMILES string of the molecule is Cc1cccc(S(=O)(=O)Nc2ccc(N3CCN(Cc4ccccc4F)CC3)c(C(=O)O)c2)c1. The zero-order valence-electron chi connectivity index (χ0n) is 18.7. The first-order valence-corrected chi connectivity index (χ1v) is 12.4. The number of aromatic carboxylic acids is 1. The molecule has 9 heteroatoms. The van der Waals surface area contributed by atoms with Gasteiger partial charge in [0, 0.05) is 44.0 Å². The number of carboxylic acid groups (broad SMARTS) is 1. The van der Waals surface area contributed by atoms with Gasteiger partial charge in [0.15, 0.2) is 0 Å². The molecular weight excluding hydrogens is 457 g/mol. The number of halogens is 1. The van der Waals surface area contributed by atoms with Gasteiger partial charge in [0.1, 0.15) is 5.82 Å². The summed E-state index contributed by atoms with van der Waals surface area (Å²) in [6.45, 7) is 4.73. The van der Waals surface area contributed by atoms with Crippen molar-refractivity contribution in [3.63, 3.8) is 0 Å². The minimum atomic E-state index is -3.85. The normalized spacial score (nSPS) is 14.7. The van der Waals surface area contributed by atoms with Crippen LogP contribution in [-0.4, -0.2) is 50.6 Å². The largest absolute Gasteiger partial charge is 0.478 e. The predicted molar refractivity (Wildman–Crippen MR) is 129 cm³/mol. The lowest BCUT2D eigenvalue weighted by Crippen LogP contribution is -2.46. The molecule has 1 aliphatic heterocycles. The number of carbonyl (C=O) groups is 1. The summed E-state index contributed by atoms with van der Waals surface area (Å²) in [5.41, 5.74) is 2.16. The molecule has 0 aromatic heterocycles. The number of anilines is 2. The molecule has 34 heavy (non-hydrogen) atoms. The molecule has 0 spiro atoms. The zero-order chi connectivity index (χ0) is 24.3. The first-order chi connectivity index (χ1) is 16.2. The number of nitrogens with one attached hydrogen (secondary N) is 1. The van der Waals surface area contributed by atoms with Crippen LogP contribution in [0.5, 0.6) is 0 Å². The minimum Gasteiger partial charge on any atom is -0.478 e. The van der Waals surface area contributed by atoms with Crippen LogP contribution in [0.2, 0.25) is 0 Å². The van der Waals surface area contributed by atoms with Crippen LogP contribution in [0.15, 0.2) is 71.6 Å². The molecule has 3 aromatic carbocycles. The first-order valence-electron chi connectivity index (χ1n) is 10.9. The summed E-state index contributed by atoms with van der Waals surface area (Å²) in [5.74, 6) is -1.37. The number of carboxylic acids is 1. The fourth-order valence-corrected chi connectivity index (χ4v) is 5.21. The summed E-state index contributed by atoms with van der Waals surface area (Å²) >= 11 is 0. The lowest BCUT2D eigenvalue weighted by Gasteiger charge is -2.36. The lowest BCUT2D eigenvalue weighted by molar-refractivity contribution is 0.0697. The molecule has 7 nitrogen and oxygen atoms in total. The molecule has 4 rings (SSSR count). The first kappa shape index (κ1) is 23.7. The Morgan fingerprint density at radius 3 is 2.41 bits per heavy atom. The van der Waals surface area contributed by atoms with E-state index in [0.717, 1.165) is 5.56 Å². The highest BCUT2D eigenvalue weighted by molar-refractivity contribution is 7.92. The monoisotopic (exact) mass is 483 g/mol. The summed E-state index contributed by atoms with van der Waals surface area (Å²) in [6, 6.07) is 17.7. The van der Waals surface area contributed by atoms with E-state index in [2.05, 4.69) is 9.62 Å². The molecule has 0 atom stereocenters. The van der Waals surface area contributed by atoms with Crippen LogP contribution >= 0.6 is 0 Å². The van der Waals surface area contributed by atoms with Crippen molar-refractivity contribution in [3.8, 4) is 0 Å². The van der Waals surface area contributed by atoms with Crippen molar-refractivity contribution < 1.29 is 22.7 Å². The van der Waals surface area contributed by atoms with Gasteiger partial charge in [-0.15, -0.1) is 0 Å². The second kappa shape index (κ2) is 9.82. The number of benzene rings is 3. The van der Waals surface area contributed by atoms with Gasteiger partial charge in [0.2, 0.25) is 0 Å². The Morgan fingerprint density at radius 1 is 1.00 bits per heavy atom. The predicted octanol–water partition coefficient (Wildman–Crippen LogP) is 3.96. The quantitative estimate of drug-likeness (QED) is 0.529. The fourth-order valence-electron chi connectivity index (χ4n) is 4.06. The van der Waals surface area contributed by atoms with Crippen molar-refractivity contribution in [1.82, 2.24) is 4.90 Å². The molecule has 178 valence electrons. The van der Waals surface area contributed by atoms with Gasteiger partial charge < -0.3 is 10.0 Å². The van der Waals surface area contributed by atoms with Crippen molar-refractivity contribution >= 4 is 27.4 Å². The highest BCUT2D eigenvalue weighted by Crippen LogP contribution is 2.27. The van der Waals surface area contributed by atoms with E-state index >= 15 is 0 Å². The Kier molecular flexibility index (Phi) is 6.85. The van der Waals surface area contributed by atoms with Crippen LogP contribution in [0.3, 0.4) is 0 Å².